The molecule has 0 aliphatic heterocycles. The smallest absolute Gasteiger partial charge is 0.339 e. The Balaban J connectivity index is 1.91. The van der Waals surface area contributed by atoms with Crippen molar-refractivity contribution in [2.24, 2.45) is 11.3 Å². The summed E-state index contributed by atoms with van der Waals surface area (Å²) in [4.78, 5) is 31.6. The van der Waals surface area contributed by atoms with Gasteiger partial charge in [0, 0.05) is 24.7 Å². The molecule has 1 amide bonds. The van der Waals surface area contributed by atoms with E-state index in [1.54, 1.807) is 7.05 Å². The average Bonchev–Trinajstić information content (AvgIpc) is 2.72. The van der Waals surface area contributed by atoms with Gasteiger partial charge in [-0.05, 0) is 42.2 Å². The van der Waals surface area contributed by atoms with E-state index < -0.39 is 5.97 Å². The van der Waals surface area contributed by atoms with Gasteiger partial charge in [-0.25, -0.2) is 4.79 Å². The fourth-order valence-corrected chi connectivity index (χ4v) is 4.01. The Labute approximate surface area is 177 Å². The third kappa shape index (κ3) is 4.62. The van der Waals surface area contributed by atoms with Gasteiger partial charge < -0.3 is 9.64 Å². The lowest BCUT2D eigenvalue weighted by Gasteiger charge is -2.35. The van der Waals surface area contributed by atoms with E-state index in [4.69, 9.17) is 15.0 Å². The zero-order chi connectivity index (χ0) is 21.9. The lowest BCUT2D eigenvalue weighted by molar-refractivity contribution is -0.133. The molecule has 6 nitrogen and oxygen atoms in total. The molecule has 0 fully saturated rings. The molecule has 1 aromatic carbocycles. The number of benzene rings is 1. The van der Waals surface area contributed by atoms with Crippen LogP contribution in [0.5, 0.6) is 0 Å². The van der Waals surface area contributed by atoms with Crippen molar-refractivity contribution < 1.29 is 14.3 Å². The highest BCUT2D eigenvalue weighted by Gasteiger charge is 2.33. The normalized spacial score (nSPS) is 15.9. The van der Waals surface area contributed by atoms with E-state index in [2.05, 4.69) is 20.8 Å². The predicted molar refractivity (Wildman–Crippen MR) is 115 cm³/mol. The first-order valence-corrected chi connectivity index (χ1v) is 10.4. The van der Waals surface area contributed by atoms with Crippen LogP contribution in [0.25, 0.3) is 10.9 Å². The van der Waals surface area contributed by atoms with Gasteiger partial charge in [0.25, 0.3) is 5.91 Å². The highest BCUT2D eigenvalue weighted by molar-refractivity contribution is 6.05. The molecular weight excluding hydrogens is 378 g/mol. The van der Waals surface area contributed by atoms with Gasteiger partial charge in [0.1, 0.15) is 0 Å². The topological polar surface area (TPSA) is 83.3 Å². The number of esters is 1. The summed E-state index contributed by atoms with van der Waals surface area (Å²) < 4.78 is 5.45. The molecule has 0 N–H and O–H groups in total. The van der Waals surface area contributed by atoms with Gasteiger partial charge in [-0.1, -0.05) is 39.0 Å². The first-order chi connectivity index (χ1) is 14.2. The van der Waals surface area contributed by atoms with Crippen molar-refractivity contribution in [3.8, 4) is 6.07 Å². The van der Waals surface area contributed by atoms with E-state index in [9.17, 15) is 9.59 Å². The highest BCUT2D eigenvalue weighted by Crippen LogP contribution is 2.39. The van der Waals surface area contributed by atoms with Crippen molar-refractivity contribution in [3.05, 3.63) is 41.1 Å². The number of likely N-dealkylation sites (N-methyl/N-ethyl adjacent to an activating group) is 1. The van der Waals surface area contributed by atoms with Crippen molar-refractivity contribution in [3.63, 3.8) is 0 Å². The van der Waals surface area contributed by atoms with Crippen molar-refractivity contribution >= 4 is 22.8 Å². The molecule has 0 saturated heterocycles. The largest absolute Gasteiger partial charge is 0.452 e. The monoisotopic (exact) mass is 407 g/mol. The minimum absolute atomic E-state index is 0.129. The van der Waals surface area contributed by atoms with Gasteiger partial charge in [0.2, 0.25) is 0 Å². The summed E-state index contributed by atoms with van der Waals surface area (Å²) in [6, 6.07) is 9.60. The summed E-state index contributed by atoms with van der Waals surface area (Å²) in [7, 11) is 1.60. The lowest BCUT2D eigenvalue weighted by Crippen LogP contribution is -2.32. The Morgan fingerprint density at radius 1 is 1.30 bits per heavy atom. The SMILES string of the molecule is CN(CCC#N)C(=O)COC(=O)c1c2c(nc3ccccc13)CCC(C(C)(C)C)C2. The van der Waals surface area contributed by atoms with Gasteiger partial charge in [-0.15, -0.1) is 0 Å². The van der Waals surface area contributed by atoms with E-state index in [1.165, 1.54) is 4.90 Å². The van der Waals surface area contributed by atoms with E-state index in [0.29, 0.717) is 18.0 Å². The second kappa shape index (κ2) is 8.83. The number of nitriles is 1. The van der Waals surface area contributed by atoms with Crippen LogP contribution in [0.4, 0.5) is 0 Å². The molecule has 0 bridgehead atoms. The van der Waals surface area contributed by atoms with Gasteiger partial charge in [0.15, 0.2) is 6.61 Å². The molecule has 3 rings (SSSR count). The van der Waals surface area contributed by atoms with Gasteiger partial charge in [0.05, 0.1) is 23.6 Å². The van der Waals surface area contributed by atoms with E-state index >= 15 is 0 Å². The fourth-order valence-electron chi connectivity index (χ4n) is 4.01. The number of para-hydroxylation sites is 1. The van der Waals surface area contributed by atoms with Crippen molar-refractivity contribution in [1.82, 2.24) is 9.88 Å². The van der Waals surface area contributed by atoms with E-state index in [0.717, 1.165) is 41.4 Å². The molecule has 1 unspecified atom stereocenters. The zero-order valence-electron chi connectivity index (χ0n) is 18.2. The van der Waals surface area contributed by atoms with Crippen LogP contribution < -0.4 is 0 Å². The van der Waals surface area contributed by atoms with Crippen LogP contribution in [0.3, 0.4) is 0 Å². The molecule has 1 aliphatic rings. The molecule has 2 aromatic rings. The maximum atomic E-state index is 13.2. The van der Waals surface area contributed by atoms with Crippen LogP contribution >= 0.6 is 0 Å². The third-order valence-electron chi connectivity index (χ3n) is 6.00. The molecule has 30 heavy (non-hydrogen) atoms. The number of amides is 1. The number of carbonyl (C=O) groups is 2. The summed E-state index contributed by atoms with van der Waals surface area (Å²) in [5, 5.41) is 9.44. The highest BCUT2D eigenvalue weighted by atomic mass is 16.5. The van der Waals surface area contributed by atoms with Crippen molar-refractivity contribution in [2.45, 2.75) is 46.5 Å². The van der Waals surface area contributed by atoms with Crippen LogP contribution in [0, 0.1) is 22.7 Å². The molecule has 6 heteroatoms. The maximum Gasteiger partial charge on any atom is 0.339 e. The minimum Gasteiger partial charge on any atom is -0.452 e. The zero-order valence-corrected chi connectivity index (χ0v) is 18.2. The number of aromatic nitrogens is 1. The van der Waals surface area contributed by atoms with Gasteiger partial charge in [-0.2, -0.15) is 5.26 Å². The molecule has 0 saturated carbocycles. The molecule has 158 valence electrons. The number of hydrogen-bond acceptors (Lipinski definition) is 5. The summed E-state index contributed by atoms with van der Waals surface area (Å²) >= 11 is 0. The first kappa shape index (κ1) is 21.8. The number of carbonyl (C=O) groups excluding carboxylic acids is 2. The maximum absolute atomic E-state index is 13.2. The predicted octanol–water partition coefficient (Wildman–Crippen LogP) is 3.91. The molecule has 1 heterocycles. The number of aryl methyl sites for hydroxylation is 1. The Bertz CT molecular complexity index is 1000. The van der Waals surface area contributed by atoms with Crippen LogP contribution in [0.15, 0.2) is 24.3 Å². The molecule has 1 aromatic heterocycles. The molecule has 1 atom stereocenters. The molecule has 1 aliphatic carbocycles. The average molecular weight is 408 g/mol. The van der Waals surface area contributed by atoms with Crippen LogP contribution in [-0.2, 0) is 22.4 Å². The summed E-state index contributed by atoms with van der Waals surface area (Å²) in [6.07, 6.45) is 2.89. The second-order valence-corrected chi connectivity index (χ2v) is 9.03. The molecular formula is C24H29N3O3. The number of pyridine rings is 1. The van der Waals surface area contributed by atoms with Crippen LogP contribution in [-0.4, -0.2) is 42.0 Å². The van der Waals surface area contributed by atoms with E-state index in [-0.39, 0.29) is 24.3 Å². The van der Waals surface area contributed by atoms with Crippen molar-refractivity contribution in [1.29, 1.82) is 5.26 Å². The number of fused-ring (bicyclic) bond motifs is 2. The summed E-state index contributed by atoms with van der Waals surface area (Å²) in [5.74, 6) is -0.363. The van der Waals surface area contributed by atoms with Crippen molar-refractivity contribution in [2.75, 3.05) is 20.2 Å². The Morgan fingerprint density at radius 2 is 2.03 bits per heavy atom. The molecule has 0 spiro atoms. The number of nitrogens with zero attached hydrogens (tertiary/aromatic N) is 3. The van der Waals surface area contributed by atoms with Crippen LogP contribution in [0.2, 0.25) is 0 Å². The first-order valence-electron chi connectivity index (χ1n) is 10.4. The fraction of sp³-hybridized carbons (Fsp3) is 0.500. The number of rotatable bonds is 5. The summed E-state index contributed by atoms with van der Waals surface area (Å²) in [5.41, 5.74) is 3.35. The number of hydrogen-bond donors (Lipinski definition) is 0. The standard InChI is InChI=1S/C24H29N3O3/c1-24(2,3)16-10-11-20-18(14-16)22(17-8-5-6-9-19(17)26-20)23(29)30-15-21(28)27(4)13-7-12-25/h5-6,8-9,16H,7,10-11,13-15H2,1-4H3. The van der Waals surface area contributed by atoms with Gasteiger partial charge in [-0.3, -0.25) is 9.78 Å². The van der Waals surface area contributed by atoms with Gasteiger partial charge >= 0.3 is 5.97 Å². The van der Waals surface area contributed by atoms with E-state index in [1.807, 2.05) is 30.3 Å². The minimum atomic E-state index is -0.485. The lowest BCUT2D eigenvalue weighted by atomic mass is 9.70. The van der Waals surface area contributed by atoms with Crippen LogP contribution in [0.1, 0.15) is 55.2 Å². The third-order valence-corrected chi connectivity index (χ3v) is 6.00. The summed E-state index contributed by atoms with van der Waals surface area (Å²) in [6.45, 7) is 6.66. The quantitative estimate of drug-likeness (QED) is 0.702. The Kier molecular flexibility index (Phi) is 6.40. The second-order valence-electron chi connectivity index (χ2n) is 9.03. The molecule has 0 radical (unpaired) electrons. The Hall–Kier alpha value is -2.94. The Morgan fingerprint density at radius 3 is 2.73 bits per heavy atom. The number of ether oxygens (including phenoxy) is 1.